The standard InChI is InChI=1S/C4H5NO2S/c6-4(7)3-1-2-8-5-3/h1-2H2,(H,6,7). The van der Waals surface area contributed by atoms with Gasteiger partial charge in [-0.2, -0.15) is 0 Å². The first kappa shape index (κ1) is 5.62. The molecule has 1 aliphatic heterocycles. The van der Waals surface area contributed by atoms with Gasteiger partial charge in [-0.25, -0.2) is 9.19 Å². The lowest BCUT2D eigenvalue weighted by Crippen LogP contribution is -2.09. The number of carbonyl (C=O) groups is 1. The van der Waals surface area contributed by atoms with Crippen LogP contribution < -0.4 is 0 Å². The highest BCUT2D eigenvalue weighted by atomic mass is 32.2. The smallest absolute Gasteiger partial charge is 0.350 e. The molecule has 1 N–H and O–H groups in total. The molecule has 0 spiro atoms. The van der Waals surface area contributed by atoms with E-state index in [4.69, 9.17) is 5.11 Å². The third-order valence-corrected chi connectivity index (χ3v) is 1.59. The highest BCUT2D eigenvalue weighted by Crippen LogP contribution is 2.14. The molecular weight excluding hydrogens is 126 g/mol. The van der Waals surface area contributed by atoms with E-state index in [0.29, 0.717) is 12.1 Å². The van der Waals surface area contributed by atoms with Gasteiger partial charge in [0.2, 0.25) is 0 Å². The molecular formula is C4H5NO2S. The zero-order valence-electron chi connectivity index (χ0n) is 4.13. The lowest BCUT2D eigenvalue weighted by molar-refractivity contribution is -0.129. The first-order valence-electron chi connectivity index (χ1n) is 2.23. The lowest BCUT2D eigenvalue weighted by atomic mass is 10.3. The number of hydrogen-bond donors (Lipinski definition) is 1. The van der Waals surface area contributed by atoms with Gasteiger partial charge < -0.3 is 5.11 Å². The van der Waals surface area contributed by atoms with Crippen molar-refractivity contribution < 1.29 is 9.90 Å². The molecule has 0 aromatic carbocycles. The fourth-order valence-electron chi connectivity index (χ4n) is 0.458. The van der Waals surface area contributed by atoms with Gasteiger partial charge in [-0.3, -0.25) is 0 Å². The summed E-state index contributed by atoms with van der Waals surface area (Å²) < 4.78 is 3.67. The number of nitrogens with zero attached hydrogens (tertiary/aromatic N) is 1. The van der Waals surface area contributed by atoms with Gasteiger partial charge in [-0.1, -0.05) is 0 Å². The van der Waals surface area contributed by atoms with Gasteiger partial charge in [0.15, 0.2) is 0 Å². The first-order chi connectivity index (χ1) is 3.80. The number of carboxylic acid groups (broad SMARTS) is 1. The summed E-state index contributed by atoms with van der Waals surface area (Å²) in [5.41, 5.74) is 0.301. The predicted octanol–water partition coefficient (Wildman–Crippen LogP) is 0.564. The van der Waals surface area contributed by atoms with Crippen molar-refractivity contribution in [1.82, 2.24) is 0 Å². The van der Waals surface area contributed by atoms with Gasteiger partial charge in [-0.05, 0) is 11.9 Å². The Bertz CT molecular complexity index is 143. The van der Waals surface area contributed by atoms with Crippen molar-refractivity contribution >= 4 is 23.6 Å². The van der Waals surface area contributed by atoms with E-state index in [0.717, 1.165) is 5.75 Å². The van der Waals surface area contributed by atoms with E-state index in [-0.39, 0.29) is 0 Å². The molecule has 0 fully saturated rings. The Kier molecular flexibility index (Phi) is 1.53. The molecule has 0 aromatic rings. The van der Waals surface area contributed by atoms with E-state index in [1.165, 1.54) is 11.9 Å². The number of aliphatic carboxylic acids is 1. The molecule has 8 heavy (non-hydrogen) atoms. The second kappa shape index (κ2) is 2.17. The van der Waals surface area contributed by atoms with Gasteiger partial charge in [0.25, 0.3) is 0 Å². The summed E-state index contributed by atoms with van der Waals surface area (Å²) in [6, 6.07) is 0. The van der Waals surface area contributed by atoms with Gasteiger partial charge in [0.1, 0.15) is 5.71 Å². The summed E-state index contributed by atoms with van der Waals surface area (Å²) in [5.74, 6) is -0.0586. The van der Waals surface area contributed by atoms with Crippen LogP contribution in [0.5, 0.6) is 0 Å². The number of carboxylic acids is 1. The minimum atomic E-state index is -0.880. The molecule has 1 heterocycles. The molecule has 0 aromatic heterocycles. The van der Waals surface area contributed by atoms with Crippen LogP contribution >= 0.6 is 11.9 Å². The minimum Gasteiger partial charge on any atom is -0.477 e. The van der Waals surface area contributed by atoms with E-state index < -0.39 is 5.97 Å². The van der Waals surface area contributed by atoms with Crippen LogP contribution in [0.1, 0.15) is 6.42 Å². The Hall–Kier alpha value is -0.510. The first-order valence-corrected chi connectivity index (χ1v) is 3.17. The topological polar surface area (TPSA) is 49.7 Å². The van der Waals surface area contributed by atoms with E-state index >= 15 is 0 Å². The summed E-state index contributed by atoms with van der Waals surface area (Å²) in [4.78, 5) is 10.1. The summed E-state index contributed by atoms with van der Waals surface area (Å²) in [7, 11) is 0. The second-order valence-corrected chi connectivity index (χ2v) is 2.28. The maximum Gasteiger partial charge on any atom is 0.350 e. The Labute approximate surface area is 50.9 Å². The molecule has 1 rings (SSSR count). The maximum absolute atomic E-state index is 10.1. The summed E-state index contributed by atoms with van der Waals surface area (Å²) in [6.45, 7) is 0. The molecule has 0 saturated heterocycles. The Morgan fingerprint density at radius 3 is 2.88 bits per heavy atom. The average Bonchev–Trinajstić information content (AvgIpc) is 2.12. The molecule has 0 radical (unpaired) electrons. The van der Waals surface area contributed by atoms with Crippen molar-refractivity contribution in [1.29, 1.82) is 0 Å². The average molecular weight is 131 g/mol. The molecule has 4 heteroatoms. The van der Waals surface area contributed by atoms with Crippen LogP contribution in [0.25, 0.3) is 0 Å². The van der Waals surface area contributed by atoms with Crippen molar-refractivity contribution in [3.63, 3.8) is 0 Å². The molecule has 0 aliphatic carbocycles. The largest absolute Gasteiger partial charge is 0.477 e. The lowest BCUT2D eigenvalue weighted by Gasteiger charge is -1.83. The normalized spacial score (nSPS) is 18.2. The van der Waals surface area contributed by atoms with Crippen LogP contribution in [0.2, 0.25) is 0 Å². The molecule has 0 atom stereocenters. The van der Waals surface area contributed by atoms with Crippen molar-refractivity contribution in [2.45, 2.75) is 6.42 Å². The third-order valence-electron chi connectivity index (χ3n) is 0.852. The predicted molar refractivity (Wildman–Crippen MR) is 32.1 cm³/mol. The highest BCUT2D eigenvalue weighted by molar-refractivity contribution is 7.98. The van der Waals surface area contributed by atoms with Crippen LogP contribution in [0.4, 0.5) is 0 Å². The van der Waals surface area contributed by atoms with E-state index in [1.54, 1.807) is 0 Å². The van der Waals surface area contributed by atoms with Crippen molar-refractivity contribution in [3.05, 3.63) is 0 Å². The third kappa shape index (κ3) is 1.01. The van der Waals surface area contributed by atoms with Gasteiger partial charge in [0, 0.05) is 12.2 Å². The SMILES string of the molecule is O=C(O)C1=NSCC1. The highest BCUT2D eigenvalue weighted by Gasteiger charge is 2.13. The second-order valence-electron chi connectivity index (χ2n) is 1.43. The monoisotopic (exact) mass is 131 g/mol. The molecule has 0 bridgehead atoms. The van der Waals surface area contributed by atoms with Gasteiger partial charge in [0.05, 0.1) is 0 Å². The van der Waals surface area contributed by atoms with Crippen molar-refractivity contribution in [3.8, 4) is 0 Å². The molecule has 0 unspecified atom stereocenters. The molecule has 3 nitrogen and oxygen atoms in total. The fraction of sp³-hybridized carbons (Fsp3) is 0.500. The molecule has 0 amide bonds. The van der Waals surface area contributed by atoms with Crippen LogP contribution in [-0.2, 0) is 4.79 Å². The van der Waals surface area contributed by atoms with E-state index in [2.05, 4.69) is 4.40 Å². The quantitative estimate of drug-likeness (QED) is 0.529. The molecule has 0 saturated carbocycles. The fourth-order valence-corrected chi connectivity index (χ4v) is 1.16. The van der Waals surface area contributed by atoms with Gasteiger partial charge >= 0.3 is 5.97 Å². The van der Waals surface area contributed by atoms with E-state index in [1.807, 2.05) is 0 Å². The Balaban J connectivity index is 2.57. The van der Waals surface area contributed by atoms with E-state index in [9.17, 15) is 4.79 Å². The van der Waals surface area contributed by atoms with Crippen LogP contribution in [0.15, 0.2) is 4.40 Å². The van der Waals surface area contributed by atoms with Crippen molar-refractivity contribution in [2.75, 3.05) is 5.75 Å². The van der Waals surface area contributed by atoms with Crippen LogP contribution in [-0.4, -0.2) is 22.5 Å². The number of rotatable bonds is 1. The number of hydrogen-bond acceptors (Lipinski definition) is 3. The zero-order valence-corrected chi connectivity index (χ0v) is 4.94. The summed E-state index contributed by atoms with van der Waals surface area (Å²) in [6.07, 6.45) is 0.611. The van der Waals surface area contributed by atoms with Crippen LogP contribution in [0.3, 0.4) is 0 Å². The minimum absolute atomic E-state index is 0.301. The molecule has 44 valence electrons. The van der Waals surface area contributed by atoms with Crippen LogP contribution in [0, 0.1) is 0 Å². The molecule has 1 aliphatic rings. The summed E-state index contributed by atoms with van der Waals surface area (Å²) >= 11 is 1.32. The summed E-state index contributed by atoms with van der Waals surface area (Å²) in [5, 5.41) is 8.27. The zero-order chi connectivity index (χ0) is 5.98. The van der Waals surface area contributed by atoms with Crippen molar-refractivity contribution in [2.24, 2.45) is 4.40 Å². The maximum atomic E-state index is 10.1. The Morgan fingerprint density at radius 1 is 1.88 bits per heavy atom. The van der Waals surface area contributed by atoms with Gasteiger partial charge in [-0.15, -0.1) is 0 Å². The Morgan fingerprint density at radius 2 is 2.62 bits per heavy atom.